The Hall–Kier alpha value is -0.650. The van der Waals surface area contributed by atoms with Crippen LogP contribution in [0.2, 0.25) is 0 Å². The number of ether oxygens (including phenoxy) is 1. The highest BCUT2D eigenvalue weighted by Crippen LogP contribution is 2.32. The Morgan fingerprint density at radius 2 is 2.35 bits per heavy atom. The monoisotopic (exact) mass is 239 g/mol. The van der Waals surface area contributed by atoms with Gasteiger partial charge in [0.15, 0.2) is 0 Å². The van der Waals surface area contributed by atoms with Crippen LogP contribution in [-0.2, 0) is 9.53 Å². The Kier molecular flexibility index (Phi) is 2.84. The van der Waals surface area contributed by atoms with E-state index in [1.165, 1.54) is 19.4 Å². The van der Waals surface area contributed by atoms with E-state index < -0.39 is 5.54 Å². The quantitative estimate of drug-likeness (QED) is 0.694. The highest BCUT2D eigenvalue weighted by molar-refractivity contribution is 5.88. The maximum Gasteiger partial charge on any atom is 0.240 e. The van der Waals surface area contributed by atoms with E-state index in [4.69, 9.17) is 10.5 Å². The molecule has 0 bridgehead atoms. The molecular formula is C12H21N3O2. The molecule has 5 heteroatoms. The highest BCUT2D eigenvalue weighted by atomic mass is 16.5. The Bertz CT molecular complexity index is 317. The van der Waals surface area contributed by atoms with E-state index in [2.05, 4.69) is 10.2 Å². The fourth-order valence-electron chi connectivity index (χ4n) is 2.75. The lowest BCUT2D eigenvalue weighted by Crippen LogP contribution is -2.52. The maximum atomic E-state index is 11.7. The van der Waals surface area contributed by atoms with E-state index >= 15 is 0 Å². The van der Waals surface area contributed by atoms with Gasteiger partial charge in [-0.3, -0.25) is 9.69 Å². The molecule has 0 aromatic rings. The molecule has 5 nitrogen and oxygen atoms in total. The number of hydrogen-bond acceptors (Lipinski definition) is 4. The minimum Gasteiger partial charge on any atom is -0.373 e. The number of carbonyl (C=O) groups excluding carboxylic acids is 1. The first-order chi connectivity index (χ1) is 8.17. The molecule has 2 atom stereocenters. The summed E-state index contributed by atoms with van der Waals surface area (Å²) in [7, 11) is 0. The van der Waals surface area contributed by atoms with Gasteiger partial charge in [0.05, 0.1) is 18.2 Å². The molecule has 2 aliphatic heterocycles. The Labute approximate surface area is 102 Å². The van der Waals surface area contributed by atoms with E-state index in [0.29, 0.717) is 12.6 Å². The van der Waals surface area contributed by atoms with Crippen LogP contribution in [-0.4, -0.2) is 54.7 Å². The van der Waals surface area contributed by atoms with Crippen LogP contribution in [0, 0.1) is 0 Å². The molecule has 3 N–H and O–H groups in total. The first-order valence-electron chi connectivity index (χ1n) is 6.60. The van der Waals surface area contributed by atoms with Crippen molar-refractivity contribution >= 4 is 5.91 Å². The minimum absolute atomic E-state index is 0.00959. The molecular weight excluding hydrogens is 218 g/mol. The zero-order valence-electron chi connectivity index (χ0n) is 10.2. The summed E-state index contributed by atoms with van der Waals surface area (Å²) in [5.74, 6) is -0.00959. The molecule has 1 aliphatic carbocycles. The van der Waals surface area contributed by atoms with Gasteiger partial charge in [0.1, 0.15) is 0 Å². The summed E-state index contributed by atoms with van der Waals surface area (Å²) in [4.78, 5) is 14.2. The van der Waals surface area contributed by atoms with Gasteiger partial charge < -0.3 is 15.8 Å². The van der Waals surface area contributed by atoms with Gasteiger partial charge in [-0.25, -0.2) is 0 Å². The summed E-state index contributed by atoms with van der Waals surface area (Å²) in [5, 5.41) is 2.92. The summed E-state index contributed by atoms with van der Waals surface area (Å²) in [5.41, 5.74) is 5.26. The average molecular weight is 239 g/mol. The lowest BCUT2D eigenvalue weighted by molar-refractivity contribution is -0.124. The van der Waals surface area contributed by atoms with Crippen LogP contribution in [0.5, 0.6) is 0 Å². The SMILES string of the molecule is NC1(C(=O)NCC2CN3CCCC3CO2)CC1. The van der Waals surface area contributed by atoms with Gasteiger partial charge >= 0.3 is 0 Å². The molecule has 96 valence electrons. The van der Waals surface area contributed by atoms with Crippen molar-refractivity contribution in [2.75, 3.05) is 26.2 Å². The molecule has 3 rings (SSSR count). The molecule has 1 amide bonds. The molecule has 0 spiro atoms. The first-order valence-corrected chi connectivity index (χ1v) is 6.60. The van der Waals surface area contributed by atoms with Crippen molar-refractivity contribution in [3.8, 4) is 0 Å². The zero-order chi connectivity index (χ0) is 11.9. The van der Waals surface area contributed by atoms with Gasteiger partial charge in [-0.15, -0.1) is 0 Å². The molecule has 2 saturated heterocycles. The van der Waals surface area contributed by atoms with Crippen LogP contribution in [0.4, 0.5) is 0 Å². The largest absolute Gasteiger partial charge is 0.373 e. The third-order valence-corrected chi connectivity index (χ3v) is 4.19. The maximum absolute atomic E-state index is 11.7. The number of fused-ring (bicyclic) bond motifs is 1. The van der Waals surface area contributed by atoms with E-state index in [0.717, 1.165) is 26.0 Å². The third kappa shape index (κ3) is 2.32. The van der Waals surface area contributed by atoms with E-state index in [1.54, 1.807) is 0 Å². The lowest BCUT2D eigenvalue weighted by Gasteiger charge is -2.35. The topological polar surface area (TPSA) is 67.6 Å². The predicted octanol–water partition coefficient (Wildman–Crippen LogP) is -0.543. The summed E-state index contributed by atoms with van der Waals surface area (Å²) < 4.78 is 5.78. The van der Waals surface area contributed by atoms with Crippen molar-refractivity contribution in [2.24, 2.45) is 5.73 Å². The van der Waals surface area contributed by atoms with Crippen LogP contribution < -0.4 is 11.1 Å². The Morgan fingerprint density at radius 3 is 3.12 bits per heavy atom. The van der Waals surface area contributed by atoms with Crippen LogP contribution >= 0.6 is 0 Å². The van der Waals surface area contributed by atoms with E-state index in [9.17, 15) is 4.79 Å². The van der Waals surface area contributed by atoms with Crippen molar-refractivity contribution in [1.29, 1.82) is 0 Å². The van der Waals surface area contributed by atoms with Crippen LogP contribution in [0.25, 0.3) is 0 Å². The molecule has 1 saturated carbocycles. The fourth-order valence-corrected chi connectivity index (χ4v) is 2.75. The first kappa shape index (κ1) is 11.4. The smallest absolute Gasteiger partial charge is 0.240 e. The molecule has 3 aliphatic rings. The number of rotatable bonds is 3. The molecule has 0 radical (unpaired) electrons. The van der Waals surface area contributed by atoms with Gasteiger partial charge in [-0.1, -0.05) is 0 Å². The second-order valence-electron chi connectivity index (χ2n) is 5.61. The second kappa shape index (κ2) is 4.23. The molecule has 0 aromatic carbocycles. The molecule has 0 aromatic heterocycles. The standard InChI is InChI=1S/C12H21N3O2/c13-12(3-4-12)11(16)14-6-10-7-15-5-1-2-9(15)8-17-10/h9-10H,1-8,13H2,(H,14,16). The van der Waals surface area contributed by atoms with Gasteiger partial charge in [-0.05, 0) is 32.2 Å². The summed E-state index contributed by atoms with van der Waals surface area (Å²) >= 11 is 0. The number of hydrogen-bond donors (Lipinski definition) is 2. The van der Waals surface area contributed by atoms with Crippen LogP contribution in [0.15, 0.2) is 0 Å². The third-order valence-electron chi connectivity index (χ3n) is 4.19. The molecule has 3 fully saturated rings. The van der Waals surface area contributed by atoms with Gasteiger partial charge in [0.25, 0.3) is 0 Å². The highest BCUT2D eigenvalue weighted by Gasteiger charge is 2.46. The van der Waals surface area contributed by atoms with Crippen molar-refractivity contribution in [3.05, 3.63) is 0 Å². The number of nitrogens with one attached hydrogen (secondary N) is 1. The van der Waals surface area contributed by atoms with Crippen molar-refractivity contribution < 1.29 is 9.53 Å². The van der Waals surface area contributed by atoms with Crippen molar-refractivity contribution in [2.45, 2.75) is 43.4 Å². The average Bonchev–Trinajstić information content (AvgIpc) is 2.93. The lowest BCUT2D eigenvalue weighted by atomic mass is 10.2. The zero-order valence-corrected chi connectivity index (χ0v) is 10.2. The second-order valence-corrected chi connectivity index (χ2v) is 5.61. The van der Waals surface area contributed by atoms with Crippen LogP contribution in [0.1, 0.15) is 25.7 Å². The van der Waals surface area contributed by atoms with Gasteiger partial charge in [0, 0.05) is 19.1 Å². The van der Waals surface area contributed by atoms with E-state index in [-0.39, 0.29) is 12.0 Å². The fraction of sp³-hybridized carbons (Fsp3) is 0.917. The van der Waals surface area contributed by atoms with Crippen LogP contribution in [0.3, 0.4) is 0 Å². The summed E-state index contributed by atoms with van der Waals surface area (Å²) in [6, 6.07) is 0.617. The Balaban J connectivity index is 1.45. The molecule has 17 heavy (non-hydrogen) atoms. The normalized spacial score (nSPS) is 35.4. The molecule has 2 unspecified atom stereocenters. The van der Waals surface area contributed by atoms with Gasteiger partial charge in [0.2, 0.25) is 5.91 Å². The van der Waals surface area contributed by atoms with E-state index in [1.807, 2.05) is 0 Å². The summed E-state index contributed by atoms with van der Waals surface area (Å²) in [6.07, 6.45) is 4.30. The Morgan fingerprint density at radius 1 is 1.53 bits per heavy atom. The number of carbonyl (C=O) groups is 1. The molecule has 2 heterocycles. The minimum atomic E-state index is -0.565. The van der Waals surface area contributed by atoms with Crippen molar-refractivity contribution in [3.63, 3.8) is 0 Å². The number of nitrogens with two attached hydrogens (primary N) is 1. The number of nitrogens with zero attached hydrogens (tertiary/aromatic N) is 1. The number of morpholine rings is 1. The number of amides is 1. The van der Waals surface area contributed by atoms with Crippen molar-refractivity contribution in [1.82, 2.24) is 10.2 Å². The predicted molar refractivity (Wildman–Crippen MR) is 63.5 cm³/mol. The summed E-state index contributed by atoms with van der Waals surface area (Å²) in [6.45, 7) is 3.54. The van der Waals surface area contributed by atoms with Gasteiger partial charge in [-0.2, -0.15) is 0 Å².